The van der Waals surface area contributed by atoms with Crippen molar-refractivity contribution in [1.29, 1.82) is 0 Å². The van der Waals surface area contributed by atoms with Crippen LogP contribution in [-0.2, 0) is 19.6 Å². The van der Waals surface area contributed by atoms with Crippen LogP contribution in [0.3, 0.4) is 0 Å². The van der Waals surface area contributed by atoms with Crippen molar-refractivity contribution in [2.24, 2.45) is 4.99 Å². The molecule has 32 heavy (non-hydrogen) atoms. The van der Waals surface area contributed by atoms with Crippen LogP contribution in [0.25, 0.3) is 0 Å². The largest absolute Gasteiger partial charge is 0.376 e. The molecule has 9 nitrogen and oxygen atoms in total. The van der Waals surface area contributed by atoms with E-state index in [0.717, 1.165) is 17.7 Å². The van der Waals surface area contributed by atoms with Gasteiger partial charge in [-0.2, -0.15) is 0 Å². The number of fused-ring (bicyclic) bond motifs is 1. The Hall–Kier alpha value is -3.40. The number of hydrogen-bond donors (Lipinski definition) is 4. The fourth-order valence-electron chi connectivity index (χ4n) is 3.15. The van der Waals surface area contributed by atoms with Crippen LogP contribution in [0.5, 0.6) is 0 Å². The van der Waals surface area contributed by atoms with Crippen LogP contribution in [0, 0.1) is 6.92 Å². The van der Waals surface area contributed by atoms with E-state index in [0.29, 0.717) is 18.4 Å². The predicted molar refractivity (Wildman–Crippen MR) is 123 cm³/mol. The lowest BCUT2D eigenvalue weighted by Crippen LogP contribution is -2.48. The standard InChI is InChI=1S/C22H27N5O4S/c1-3-4-8-18(24-21-17-7-5-6-9-19(17)32(30,31)27-21)22(29)26-25-20(28)14-23-16-12-10-15(2)11-13-16/h5-7,9-13,18,23H,3-4,8,14H2,1-2H3,(H,24,27)(H,25,28)(H,26,29). The van der Waals surface area contributed by atoms with Gasteiger partial charge in [-0.15, -0.1) is 0 Å². The first-order valence-corrected chi connectivity index (χ1v) is 11.9. The molecule has 1 aliphatic heterocycles. The Morgan fingerprint density at radius 2 is 1.78 bits per heavy atom. The third-order valence-corrected chi connectivity index (χ3v) is 6.31. The molecule has 4 N–H and O–H groups in total. The summed E-state index contributed by atoms with van der Waals surface area (Å²) in [6.45, 7) is 3.93. The minimum Gasteiger partial charge on any atom is -0.376 e. The molecule has 1 heterocycles. The molecule has 2 aromatic carbocycles. The average Bonchev–Trinajstić information content (AvgIpc) is 3.04. The van der Waals surface area contributed by atoms with Gasteiger partial charge in [-0.05, 0) is 37.6 Å². The van der Waals surface area contributed by atoms with Gasteiger partial charge in [-0.3, -0.25) is 30.2 Å². The van der Waals surface area contributed by atoms with Crippen molar-refractivity contribution in [2.45, 2.75) is 44.0 Å². The lowest BCUT2D eigenvalue weighted by Gasteiger charge is -2.15. The number of hydrogen-bond acceptors (Lipinski definition) is 6. The molecule has 2 amide bonds. The second-order valence-electron chi connectivity index (χ2n) is 7.49. The summed E-state index contributed by atoms with van der Waals surface area (Å²) in [6.07, 6.45) is 1.96. The van der Waals surface area contributed by atoms with E-state index in [2.05, 4.69) is 25.9 Å². The van der Waals surface area contributed by atoms with E-state index < -0.39 is 27.9 Å². The molecule has 0 saturated heterocycles. The van der Waals surface area contributed by atoms with Crippen LogP contribution in [-0.4, -0.2) is 38.7 Å². The number of amidine groups is 1. The highest BCUT2D eigenvalue weighted by atomic mass is 32.2. The molecule has 1 atom stereocenters. The van der Waals surface area contributed by atoms with Crippen LogP contribution in [0.4, 0.5) is 5.69 Å². The Balaban J connectivity index is 1.63. The second kappa shape index (κ2) is 10.3. The van der Waals surface area contributed by atoms with Crippen molar-refractivity contribution in [2.75, 3.05) is 11.9 Å². The molecular formula is C22H27N5O4S. The van der Waals surface area contributed by atoms with Gasteiger partial charge in [0.05, 0.1) is 11.4 Å². The topological polar surface area (TPSA) is 129 Å². The molecule has 3 rings (SSSR count). The summed E-state index contributed by atoms with van der Waals surface area (Å²) >= 11 is 0. The van der Waals surface area contributed by atoms with Gasteiger partial charge >= 0.3 is 0 Å². The van der Waals surface area contributed by atoms with Crippen molar-refractivity contribution in [1.82, 2.24) is 15.6 Å². The molecule has 2 aromatic rings. The van der Waals surface area contributed by atoms with Crippen molar-refractivity contribution < 1.29 is 18.0 Å². The maximum Gasteiger partial charge on any atom is 0.263 e. The monoisotopic (exact) mass is 457 g/mol. The molecule has 0 bridgehead atoms. The van der Waals surface area contributed by atoms with E-state index in [1.54, 1.807) is 18.2 Å². The highest BCUT2D eigenvalue weighted by molar-refractivity contribution is 7.90. The van der Waals surface area contributed by atoms with Crippen LogP contribution in [0.2, 0.25) is 0 Å². The van der Waals surface area contributed by atoms with Gasteiger partial charge in [0.25, 0.3) is 21.8 Å². The second-order valence-corrected chi connectivity index (χ2v) is 9.15. The zero-order chi connectivity index (χ0) is 23.1. The zero-order valence-electron chi connectivity index (χ0n) is 18.0. The highest BCUT2D eigenvalue weighted by Gasteiger charge is 2.31. The molecule has 0 aromatic heterocycles. The van der Waals surface area contributed by atoms with Gasteiger partial charge < -0.3 is 5.32 Å². The summed E-state index contributed by atoms with van der Waals surface area (Å²) in [5.41, 5.74) is 7.09. The Morgan fingerprint density at radius 3 is 2.50 bits per heavy atom. The number of sulfonamides is 1. The Morgan fingerprint density at radius 1 is 1.06 bits per heavy atom. The number of unbranched alkanes of at least 4 members (excludes halogenated alkanes) is 1. The molecule has 0 radical (unpaired) electrons. The molecular weight excluding hydrogens is 430 g/mol. The van der Waals surface area contributed by atoms with Crippen LogP contribution in [0.15, 0.2) is 58.4 Å². The first-order valence-electron chi connectivity index (χ1n) is 10.4. The first kappa shape index (κ1) is 23.3. The average molecular weight is 458 g/mol. The van der Waals surface area contributed by atoms with Crippen LogP contribution in [0.1, 0.15) is 37.3 Å². The SMILES string of the molecule is CCCCC(N=C1NS(=O)(=O)c2ccccc21)C(=O)NNC(=O)CNc1ccc(C)cc1. The van der Waals surface area contributed by atoms with Gasteiger partial charge in [-0.1, -0.05) is 49.6 Å². The Kier molecular flexibility index (Phi) is 7.47. The molecule has 0 aliphatic carbocycles. The molecule has 1 aliphatic rings. The number of nitrogens with zero attached hydrogens (tertiary/aromatic N) is 1. The van der Waals surface area contributed by atoms with E-state index >= 15 is 0 Å². The van der Waals surface area contributed by atoms with Crippen molar-refractivity contribution >= 4 is 33.4 Å². The van der Waals surface area contributed by atoms with Crippen LogP contribution >= 0.6 is 0 Å². The van der Waals surface area contributed by atoms with E-state index in [9.17, 15) is 18.0 Å². The lowest BCUT2D eigenvalue weighted by atomic mass is 10.1. The molecule has 0 saturated carbocycles. The fraction of sp³-hybridized carbons (Fsp3) is 0.318. The first-order chi connectivity index (χ1) is 15.3. The Labute approximate surface area is 187 Å². The summed E-state index contributed by atoms with van der Waals surface area (Å²) < 4.78 is 27.0. The number of benzene rings is 2. The quantitative estimate of drug-likeness (QED) is 0.450. The summed E-state index contributed by atoms with van der Waals surface area (Å²) in [5, 5.41) is 2.97. The highest BCUT2D eigenvalue weighted by Crippen LogP contribution is 2.23. The maximum atomic E-state index is 12.7. The van der Waals surface area contributed by atoms with Crippen molar-refractivity contribution in [3.05, 3.63) is 59.7 Å². The predicted octanol–water partition coefficient (Wildman–Crippen LogP) is 1.85. The number of nitrogens with one attached hydrogen (secondary N) is 4. The van der Waals surface area contributed by atoms with E-state index in [1.807, 2.05) is 38.1 Å². The number of rotatable bonds is 8. The summed E-state index contributed by atoms with van der Waals surface area (Å²) in [7, 11) is -3.70. The number of aryl methyl sites for hydroxylation is 1. The third kappa shape index (κ3) is 5.85. The number of carbonyl (C=O) groups is 2. The molecule has 1 unspecified atom stereocenters. The minimum absolute atomic E-state index is 0.0232. The van der Waals surface area contributed by atoms with Gasteiger partial charge in [0, 0.05) is 11.3 Å². The molecule has 0 spiro atoms. The van der Waals surface area contributed by atoms with E-state index in [-0.39, 0.29) is 17.3 Å². The van der Waals surface area contributed by atoms with Gasteiger partial charge in [0.1, 0.15) is 11.9 Å². The lowest BCUT2D eigenvalue weighted by molar-refractivity contribution is -0.128. The Bertz CT molecular complexity index is 1110. The minimum atomic E-state index is -3.70. The van der Waals surface area contributed by atoms with Gasteiger partial charge in [0.2, 0.25) is 0 Å². The zero-order valence-corrected chi connectivity index (χ0v) is 18.8. The number of anilines is 1. The number of carbonyl (C=O) groups excluding carboxylic acids is 2. The summed E-state index contributed by atoms with van der Waals surface area (Å²) in [6, 6.07) is 13.2. The van der Waals surface area contributed by atoms with Gasteiger partial charge in [-0.25, -0.2) is 8.42 Å². The van der Waals surface area contributed by atoms with Crippen molar-refractivity contribution in [3.8, 4) is 0 Å². The number of hydrazine groups is 1. The van der Waals surface area contributed by atoms with Crippen molar-refractivity contribution in [3.63, 3.8) is 0 Å². The van der Waals surface area contributed by atoms with Crippen LogP contribution < -0.4 is 20.9 Å². The van der Waals surface area contributed by atoms with Gasteiger partial charge in [0.15, 0.2) is 0 Å². The number of amides is 2. The fourth-order valence-corrected chi connectivity index (χ4v) is 4.39. The maximum absolute atomic E-state index is 12.7. The number of aliphatic imine (C=N–C) groups is 1. The molecule has 0 fully saturated rings. The summed E-state index contributed by atoms with van der Waals surface area (Å²) in [5.74, 6) is -0.810. The molecule has 170 valence electrons. The molecule has 10 heteroatoms. The van der Waals surface area contributed by atoms with E-state index in [1.165, 1.54) is 6.07 Å². The van der Waals surface area contributed by atoms with E-state index in [4.69, 9.17) is 0 Å². The third-order valence-electron chi connectivity index (χ3n) is 4.91. The normalized spacial score (nSPS) is 16.0. The summed E-state index contributed by atoms with van der Waals surface area (Å²) in [4.78, 5) is 29.3. The smallest absolute Gasteiger partial charge is 0.263 e.